The number of fused-ring (bicyclic) bond motifs is 9. The molecule has 0 atom stereocenters. The van der Waals surface area contributed by atoms with Gasteiger partial charge in [0.2, 0.25) is 0 Å². The molecule has 0 radical (unpaired) electrons. The van der Waals surface area contributed by atoms with E-state index in [4.69, 9.17) is 0 Å². The van der Waals surface area contributed by atoms with E-state index in [1.807, 2.05) is 0 Å². The number of rotatable bonds is 7. The molecule has 0 unspecified atom stereocenters. The highest BCUT2D eigenvalue weighted by Gasteiger charge is 2.20. The van der Waals surface area contributed by atoms with Gasteiger partial charge in [0.25, 0.3) is 0 Å². The monoisotopic (exact) mass is 849 g/mol. The molecule has 0 aromatic heterocycles. The van der Waals surface area contributed by atoms with Crippen molar-refractivity contribution < 1.29 is 0 Å². The van der Waals surface area contributed by atoms with Crippen LogP contribution in [-0.4, -0.2) is 0 Å². The van der Waals surface area contributed by atoms with E-state index in [0.29, 0.717) is 0 Å². The van der Waals surface area contributed by atoms with Gasteiger partial charge in [-0.25, -0.2) is 0 Å². The third-order valence-electron chi connectivity index (χ3n) is 13.8. The summed E-state index contributed by atoms with van der Waals surface area (Å²) in [7, 11) is 0. The average Bonchev–Trinajstić information content (AvgIpc) is 3.41. The van der Waals surface area contributed by atoms with Crippen LogP contribution in [0.2, 0.25) is 0 Å². The highest BCUT2D eigenvalue weighted by atomic mass is 15.1. The average molecular weight is 850 g/mol. The third kappa shape index (κ3) is 6.63. The summed E-state index contributed by atoms with van der Waals surface area (Å²) in [5.41, 5.74) is 13.0. The van der Waals surface area contributed by atoms with E-state index in [-0.39, 0.29) is 0 Å². The minimum Gasteiger partial charge on any atom is -0.310 e. The molecule has 67 heavy (non-hydrogen) atoms. The fraction of sp³-hybridized carbons (Fsp3) is 0. The molecule has 13 rings (SSSR count). The second-order valence-corrected chi connectivity index (χ2v) is 17.6. The van der Waals surface area contributed by atoms with Gasteiger partial charge in [0.1, 0.15) is 0 Å². The van der Waals surface area contributed by atoms with E-state index < -0.39 is 0 Å². The van der Waals surface area contributed by atoms with Gasteiger partial charge < -0.3 is 4.90 Å². The van der Waals surface area contributed by atoms with Gasteiger partial charge in [-0.3, -0.25) is 0 Å². The number of benzene rings is 13. The molecule has 0 saturated carbocycles. The Labute approximate surface area is 390 Å². The van der Waals surface area contributed by atoms with E-state index in [1.54, 1.807) is 0 Å². The Morgan fingerprint density at radius 2 is 0.642 bits per heavy atom. The van der Waals surface area contributed by atoms with Crippen molar-refractivity contribution in [2.24, 2.45) is 0 Å². The lowest BCUT2D eigenvalue weighted by Gasteiger charge is -2.28. The molecule has 13 aromatic rings. The first-order chi connectivity index (χ1) is 33.2. The first-order valence-corrected chi connectivity index (χ1v) is 23.2. The minimum atomic E-state index is 1.09. The van der Waals surface area contributed by atoms with Crippen LogP contribution in [0.5, 0.6) is 0 Å². The van der Waals surface area contributed by atoms with Gasteiger partial charge >= 0.3 is 0 Å². The van der Waals surface area contributed by atoms with Gasteiger partial charge in [0.15, 0.2) is 0 Å². The summed E-state index contributed by atoms with van der Waals surface area (Å²) in [4.78, 5) is 2.44. The number of hydrogen-bond donors (Lipinski definition) is 0. The molecule has 0 amide bonds. The summed E-state index contributed by atoms with van der Waals surface area (Å²) in [5.74, 6) is 0. The third-order valence-corrected chi connectivity index (χ3v) is 13.8. The summed E-state index contributed by atoms with van der Waals surface area (Å²) < 4.78 is 0. The fourth-order valence-electron chi connectivity index (χ4n) is 10.6. The lowest BCUT2D eigenvalue weighted by Crippen LogP contribution is -2.10. The van der Waals surface area contributed by atoms with E-state index in [2.05, 4.69) is 266 Å². The van der Waals surface area contributed by atoms with Crippen LogP contribution in [0.1, 0.15) is 0 Å². The molecule has 0 N–H and O–H groups in total. The Kier molecular flexibility index (Phi) is 9.25. The molecule has 0 bridgehead atoms. The Balaban J connectivity index is 0.983. The maximum atomic E-state index is 2.44. The number of anilines is 3. The molecule has 0 saturated heterocycles. The van der Waals surface area contributed by atoms with Crippen molar-refractivity contribution >= 4 is 81.7 Å². The molecule has 1 heteroatoms. The normalized spacial score (nSPS) is 11.6. The molecule has 0 aliphatic rings. The van der Waals surface area contributed by atoms with Crippen molar-refractivity contribution in [1.82, 2.24) is 0 Å². The molecular formula is C66H43N. The first-order valence-electron chi connectivity index (χ1n) is 23.2. The van der Waals surface area contributed by atoms with Crippen LogP contribution < -0.4 is 4.90 Å². The van der Waals surface area contributed by atoms with Crippen LogP contribution in [0.4, 0.5) is 17.1 Å². The lowest BCUT2D eigenvalue weighted by atomic mass is 9.84. The predicted molar refractivity (Wildman–Crippen MR) is 288 cm³/mol. The van der Waals surface area contributed by atoms with Crippen molar-refractivity contribution in [3.05, 3.63) is 261 Å². The summed E-state index contributed by atoms with van der Waals surface area (Å²) >= 11 is 0. The minimum absolute atomic E-state index is 1.09. The van der Waals surface area contributed by atoms with Crippen molar-refractivity contribution in [1.29, 1.82) is 0 Å². The largest absolute Gasteiger partial charge is 0.310 e. The second-order valence-electron chi connectivity index (χ2n) is 17.6. The molecule has 0 heterocycles. The Morgan fingerprint density at radius 3 is 1.37 bits per heavy atom. The number of hydrogen-bond acceptors (Lipinski definition) is 1. The zero-order chi connectivity index (χ0) is 44.3. The summed E-state index contributed by atoms with van der Waals surface area (Å²) in [6, 6.07) is 95.9. The highest BCUT2D eigenvalue weighted by Crippen LogP contribution is 2.47. The zero-order valence-corrected chi connectivity index (χ0v) is 36.8. The van der Waals surface area contributed by atoms with Crippen LogP contribution in [0.15, 0.2) is 261 Å². The molecule has 0 aliphatic carbocycles. The SMILES string of the molecule is c1ccc(-c2c(-c3ccccc3)c3cc(-c4cccc(N(c5ccc(-c6ccc7c(ccc8ccccc87)c6)cc5)c5cccc6c5ccc5ccccc56)c4)ccc3c3ccccc23)cc1. The van der Waals surface area contributed by atoms with Gasteiger partial charge in [-0.1, -0.05) is 218 Å². The van der Waals surface area contributed by atoms with E-state index in [0.717, 1.165) is 22.6 Å². The lowest BCUT2D eigenvalue weighted by molar-refractivity contribution is 1.30. The number of nitrogens with zero attached hydrogens (tertiary/aromatic N) is 1. The van der Waals surface area contributed by atoms with E-state index in [9.17, 15) is 0 Å². The van der Waals surface area contributed by atoms with E-state index >= 15 is 0 Å². The smallest absolute Gasteiger partial charge is 0.0540 e. The Hall–Kier alpha value is -8.78. The summed E-state index contributed by atoms with van der Waals surface area (Å²) in [6.45, 7) is 0. The van der Waals surface area contributed by atoms with Crippen molar-refractivity contribution in [3.8, 4) is 44.5 Å². The van der Waals surface area contributed by atoms with Crippen LogP contribution in [0.25, 0.3) is 109 Å². The predicted octanol–water partition coefficient (Wildman–Crippen LogP) is 18.7. The van der Waals surface area contributed by atoms with Crippen LogP contribution in [-0.2, 0) is 0 Å². The topological polar surface area (TPSA) is 3.24 Å². The van der Waals surface area contributed by atoms with Crippen molar-refractivity contribution in [2.75, 3.05) is 4.90 Å². The molecule has 312 valence electrons. The standard InChI is InChI=1S/C66H43N/c1-3-17-47(18-4-1)65-62-26-12-11-25-59(62)60-39-35-51(43-63(60)66(65)48-19-5-2-6-20-48)49-21-13-22-54(42-49)67(64-28-14-27-58-56-24-10-8-16-46(56)33-40-61(58)64)53-36-31-44(32-37-53)50-34-38-57-52(41-50)30-29-45-15-7-9-23-55(45)57/h1-43H. The fourth-order valence-corrected chi connectivity index (χ4v) is 10.6. The maximum Gasteiger partial charge on any atom is 0.0540 e. The van der Waals surface area contributed by atoms with E-state index in [1.165, 1.54) is 104 Å². The highest BCUT2D eigenvalue weighted by molar-refractivity contribution is 6.22. The zero-order valence-electron chi connectivity index (χ0n) is 36.8. The van der Waals surface area contributed by atoms with Gasteiger partial charge in [-0.2, -0.15) is 0 Å². The summed E-state index contributed by atoms with van der Waals surface area (Å²) in [5, 5.41) is 15.0. The molecule has 0 aliphatic heterocycles. The van der Waals surface area contributed by atoms with Gasteiger partial charge in [0.05, 0.1) is 5.69 Å². The summed E-state index contributed by atoms with van der Waals surface area (Å²) in [6.07, 6.45) is 0. The van der Waals surface area contributed by atoms with Crippen molar-refractivity contribution in [3.63, 3.8) is 0 Å². The van der Waals surface area contributed by atoms with Gasteiger partial charge in [0, 0.05) is 16.8 Å². The Bertz CT molecular complexity index is 4020. The molecule has 0 spiro atoms. The molecule has 0 fully saturated rings. The van der Waals surface area contributed by atoms with Crippen LogP contribution in [0.3, 0.4) is 0 Å². The quantitative estimate of drug-likeness (QED) is 0.144. The molecular weight excluding hydrogens is 807 g/mol. The van der Waals surface area contributed by atoms with Gasteiger partial charge in [-0.15, -0.1) is 0 Å². The van der Waals surface area contributed by atoms with Crippen molar-refractivity contribution in [2.45, 2.75) is 0 Å². The first kappa shape index (κ1) is 38.7. The maximum absolute atomic E-state index is 2.44. The van der Waals surface area contributed by atoms with Crippen LogP contribution >= 0.6 is 0 Å². The second kappa shape index (κ2) is 16.0. The van der Waals surface area contributed by atoms with Crippen LogP contribution in [0, 0.1) is 0 Å². The Morgan fingerprint density at radius 1 is 0.194 bits per heavy atom. The van der Waals surface area contributed by atoms with Gasteiger partial charge in [-0.05, 0) is 146 Å². The molecule has 13 aromatic carbocycles. The molecule has 1 nitrogen and oxygen atoms in total.